The summed E-state index contributed by atoms with van der Waals surface area (Å²) in [6.07, 6.45) is 5.37. The third kappa shape index (κ3) is 5.81. The van der Waals surface area contributed by atoms with E-state index in [-0.39, 0.29) is 6.04 Å². The second kappa shape index (κ2) is 14.2. The third-order valence-corrected chi connectivity index (χ3v) is 13.3. The predicted octanol–water partition coefficient (Wildman–Crippen LogP) is 16.1. The standard InChI is InChI=1S/C60H40N2O/c1-2-12-46(13-3-1)62-57-37-45(27-33-52(57)55-34-26-42-11-5-7-15-51(42)60(55)62)40-24-30-48(31-25-40)61(49-32-35-54-53-16-8-9-17-58(53)63-59(54)38-49)47-28-22-39(23-29-47)44-21-20-43-19-18-41-10-4-6-14-50(41)56(43)36-44/h1-37,49H,38H2. The van der Waals surface area contributed by atoms with Gasteiger partial charge in [0.15, 0.2) is 0 Å². The molecule has 1 unspecified atom stereocenters. The van der Waals surface area contributed by atoms with Gasteiger partial charge in [0.2, 0.25) is 0 Å². The van der Waals surface area contributed by atoms with Crippen molar-refractivity contribution in [3.63, 3.8) is 0 Å². The topological polar surface area (TPSA) is 21.3 Å². The largest absolute Gasteiger partial charge is 0.460 e. The van der Waals surface area contributed by atoms with Crippen molar-refractivity contribution in [3.8, 4) is 27.9 Å². The number of benzene rings is 10. The number of para-hydroxylation sites is 2. The Hall–Kier alpha value is -8.14. The normalized spacial score (nSPS) is 13.7. The maximum absolute atomic E-state index is 6.50. The van der Waals surface area contributed by atoms with Gasteiger partial charge in [-0.15, -0.1) is 0 Å². The molecule has 0 spiro atoms. The Morgan fingerprint density at radius 1 is 0.429 bits per heavy atom. The van der Waals surface area contributed by atoms with Crippen LogP contribution in [0.3, 0.4) is 0 Å². The molecule has 0 radical (unpaired) electrons. The van der Waals surface area contributed by atoms with Crippen LogP contribution in [0.2, 0.25) is 0 Å². The van der Waals surface area contributed by atoms with Crippen LogP contribution in [0.1, 0.15) is 11.3 Å². The van der Waals surface area contributed by atoms with E-state index in [4.69, 9.17) is 4.42 Å². The number of hydrogen-bond donors (Lipinski definition) is 0. The van der Waals surface area contributed by atoms with E-state index in [2.05, 4.69) is 228 Å². The van der Waals surface area contributed by atoms with Crippen molar-refractivity contribution in [1.82, 2.24) is 4.57 Å². The molecule has 12 aromatic rings. The minimum absolute atomic E-state index is 0.0505. The van der Waals surface area contributed by atoms with Crippen LogP contribution in [-0.4, -0.2) is 10.6 Å². The van der Waals surface area contributed by atoms with Gasteiger partial charge in [-0.25, -0.2) is 0 Å². The molecule has 63 heavy (non-hydrogen) atoms. The van der Waals surface area contributed by atoms with E-state index >= 15 is 0 Å². The SMILES string of the molecule is C1=CC(N(c2ccc(-c3ccc4ccc5ccccc5c4c3)cc2)c2ccc(-c3ccc4c5ccc6ccccc6c5n(-c5ccccc5)c4c3)cc2)Cc2oc3ccccc3c21. The van der Waals surface area contributed by atoms with Crippen LogP contribution in [0, 0.1) is 0 Å². The van der Waals surface area contributed by atoms with E-state index in [1.165, 1.54) is 87.3 Å². The number of aromatic nitrogens is 1. The molecule has 0 fully saturated rings. The first-order valence-corrected chi connectivity index (χ1v) is 21.8. The number of furan rings is 1. The number of hydrogen-bond acceptors (Lipinski definition) is 2. The first-order valence-electron chi connectivity index (χ1n) is 21.8. The molecule has 0 aliphatic heterocycles. The molecule has 1 aliphatic carbocycles. The van der Waals surface area contributed by atoms with Crippen LogP contribution >= 0.6 is 0 Å². The maximum Gasteiger partial charge on any atom is 0.134 e. The summed E-state index contributed by atoms with van der Waals surface area (Å²) in [6, 6.07) is 77.5. The molecule has 13 rings (SSSR count). The molecule has 3 nitrogen and oxygen atoms in total. The van der Waals surface area contributed by atoms with Crippen molar-refractivity contribution >= 4 is 82.5 Å². The van der Waals surface area contributed by atoms with Gasteiger partial charge in [-0.1, -0.05) is 170 Å². The fraction of sp³-hybridized carbons (Fsp3) is 0.0333. The highest BCUT2D eigenvalue weighted by Gasteiger charge is 2.27. The van der Waals surface area contributed by atoms with Gasteiger partial charge in [-0.05, 0) is 104 Å². The molecule has 296 valence electrons. The Morgan fingerprint density at radius 3 is 1.75 bits per heavy atom. The van der Waals surface area contributed by atoms with Crippen LogP contribution in [0.25, 0.3) is 99.1 Å². The lowest BCUT2D eigenvalue weighted by atomic mass is 9.95. The fourth-order valence-corrected chi connectivity index (χ4v) is 10.2. The summed E-state index contributed by atoms with van der Waals surface area (Å²) in [7, 11) is 0. The van der Waals surface area contributed by atoms with Crippen molar-refractivity contribution < 1.29 is 4.42 Å². The Morgan fingerprint density at radius 2 is 0.984 bits per heavy atom. The van der Waals surface area contributed by atoms with Gasteiger partial charge in [0.05, 0.1) is 17.1 Å². The molecular weight excluding hydrogens is 765 g/mol. The van der Waals surface area contributed by atoms with Gasteiger partial charge in [-0.3, -0.25) is 0 Å². The summed E-state index contributed by atoms with van der Waals surface area (Å²) in [5.74, 6) is 1.03. The molecular formula is C60H40N2O. The maximum atomic E-state index is 6.50. The van der Waals surface area contributed by atoms with Crippen molar-refractivity contribution in [2.45, 2.75) is 12.5 Å². The van der Waals surface area contributed by atoms with Crippen LogP contribution in [0.5, 0.6) is 0 Å². The zero-order chi connectivity index (χ0) is 41.4. The summed E-state index contributed by atoms with van der Waals surface area (Å²) in [6.45, 7) is 0. The first kappa shape index (κ1) is 35.6. The molecule has 0 saturated carbocycles. The summed E-state index contributed by atoms with van der Waals surface area (Å²) in [5, 5.41) is 11.3. The Labute approximate surface area is 365 Å². The molecule has 0 N–H and O–H groups in total. The number of rotatable bonds is 6. The van der Waals surface area contributed by atoms with E-state index in [0.717, 1.165) is 34.8 Å². The summed E-state index contributed by atoms with van der Waals surface area (Å²) >= 11 is 0. The average molecular weight is 805 g/mol. The van der Waals surface area contributed by atoms with E-state index < -0.39 is 0 Å². The van der Waals surface area contributed by atoms with Gasteiger partial charge in [0, 0.05) is 50.6 Å². The Balaban J connectivity index is 0.902. The lowest BCUT2D eigenvalue weighted by Crippen LogP contribution is -2.32. The molecule has 2 aromatic heterocycles. The summed E-state index contributed by atoms with van der Waals surface area (Å²) < 4.78 is 8.95. The zero-order valence-electron chi connectivity index (χ0n) is 34.4. The minimum Gasteiger partial charge on any atom is -0.460 e. The van der Waals surface area contributed by atoms with Crippen LogP contribution in [0.4, 0.5) is 11.4 Å². The molecule has 2 heterocycles. The number of anilines is 2. The van der Waals surface area contributed by atoms with Crippen molar-refractivity contribution in [1.29, 1.82) is 0 Å². The van der Waals surface area contributed by atoms with Gasteiger partial charge in [0.1, 0.15) is 11.3 Å². The molecule has 0 bridgehead atoms. The molecule has 0 amide bonds. The lowest BCUT2D eigenvalue weighted by molar-refractivity contribution is 0.529. The highest BCUT2D eigenvalue weighted by atomic mass is 16.3. The van der Waals surface area contributed by atoms with Gasteiger partial charge in [-0.2, -0.15) is 0 Å². The summed E-state index contributed by atoms with van der Waals surface area (Å²) in [4.78, 5) is 2.47. The number of fused-ring (bicyclic) bond motifs is 11. The van der Waals surface area contributed by atoms with Gasteiger partial charge >= 0.3 is 0 Å². The van der Waals surface area contributed by atoms with E-state index in [0.29, 0.717) is 0 Å². The van der Waals surface area contributed by atoms with E-state index in [1.54, 1.807) is 0 Å². The van der Waals surface area contributed by atoms with Crippen LogP contribution < -0.4 is 4.90 Å². The third-order valence-electron chi connectivity index (χ3n) is 13.3. The second-order valence-corrected chi connectivity index (χ2v) is 16.8. The van der Waals surface area contributed by atoms with Gasteiger partial charge < -0.3 is 13.9 Å². The highest BCUT2D eigenvalue weighted by molar-refractivity contribution is 6.19. The predicted molar refractivity (Wildman–Crippen MR) is 265 cm³/mol. The lowest BCUT2D eigenvalue weighted by Gasteiger charge is -2.33. The molecule has 1 aliphatic rings. The molecule has 3 heteroatoms. The highest BCUT2D eigenvalue weighted by Crippen LogP contribution is 2.41. The average Bonchev–Trinajstić information content (AvgIpc) is 3.90. The first-order chi connectivity index (χ1) is 31.2. The zero-order valence-corrected chi connectivity index (χ0v) is 34.4. The van der Waals surface area contributed by atoms with Crippen molar-refractivity contribution in [2.24, 2.45) is 0 Å². The van der Waals surface area contributed by atoms with Crippen LogP contribution in [-0.2, 0) is 6.42 Å². The second-order valence-electron chi connectivity index (χ2n) is 16.8. The molecule has 10 aromatic carbocycles. The van der Waals surface area contributed by atoms with Crippen molar-refractivity contribution in [3.05, 3.63) is 230 Å². The Bertz CT molecular complexity index is 3760. The number of nitrogens with zero attached hydrogens (tertiary/aromatic N) is 2. The molecule has 1 atom stereocenters. The Kier molecular flexibility index (Phi) is 8.04. The summed E-state index contributed by atoms with van der Waals surface area (Å²) in [5.41, 5.74) is 12.7. The van der Waals surface area contributed by atoms with E-state index in [9.17, 15) is 0 Å². The monoisotopic (exact) mass is 804 g/mol. The van der Waals surface area contributed by atoms with E-state index in [1.807, 2.05) is 6.07 Å². The van der Waals surface area contributed by atoms with Crippen LogP contribution in [0.15, 0.2) is 223 Å². The van der Waals surface area contributed by atoms with Crippen molar-refractivity contribution in [2.75, 3.05) is 4.90 Å². The molecule has 0 saturated heterocycles. The smallest absolute Gasteiger partial charge is 0.134 e. The fourth-order valence-electron chi connectivity index (χ4n) is 10.2. The quantitative estimate of drug-likeness (QED) is 0.156. The minimum atomic E-state index is 0.0505. The van der Waals surface area contributed by atoms with Gasteiger partial charge in [0.25, 0.3) is 0 Å².